The first-order chi connectivity index (χ1) is 7.77. The molecule has 2 rings (SSSR count). The Hall–Kier alpha value is -0.830. The standard InChI is InChI=1S/C13H22N2O/c1-10-13(11(2)16-15-10)8-5-9-14-12-6-3-4-7-12/h12,14H,3-9H2,1-2H3. The van der Waals surface area contributed by atoms with Gasteiger partial charge in [0.1, 0.15) is 5.76 Å². The molecule has 0 saturated heterocycles. The third-order valence-electron chi connectivity index (χ3n) is 3.57. The van der Waals surface area contributed by atoms with Crippen molar-refractivity contribution in [1.29, 1.82) is 0 Å². The summed E-state index contributed by atoms with van der Waals surface area (Å²) in [5.74, 6) is 0.985. The SMILES string of the molecule is Cc1noc(C)c1CCCNC1CCCC1. The maximum atomic E-state index is 5.16. The third-order valence-corrected chi connectivity index (χ3v) is 3.57. The fourth-order valence-corrected chi connectivity index (χ4v) is 2.56. The van der Waals surface area contributed by atoms with Crippen molar-refractivity contribution in [3.63, 3.8) is 0 Å². The summed E-state index contributed by atoms with van der Waals surface area (Å²) in [6.07, 6.45) is 7.81. The second-order valence-electron chi connectivity index (χ2n) is 4.84. The van der Waals surface area contributed by atoms with E-state index in [4.69, 9.17) is 4.52 Å². The molecule has 0 amide bonds. The van der Waals surface area contributed by atoms with Crippen molar-refractivity contribution < 1.29 is 4.52 Å². The van der Waals surface area contributed by atoms with Crippen molar-refractivity contribution in [2.75, 3.05) is 6.54 Å². The summed E-state index contributed by atoms with van der Waals surface area (Å²) in [6, 6.07) is 0.782. The summed E-state index contributed by atoms with van der Waals surface area (Å²) in [4.78, 5) is 0. The van der Waals surface area contributed by atoms with E-state index in [1.54, 1.807) is 0 Å². The summed E-state index contributed by atoms with van der Waals surface area (Å²) in [6.45, 7) is 5.14. The molecule has 1 aliphatic rings. The van der Waals surface area contributed by atoms with Crippen LogP contribution in [0.5, 0.6) is 0 Å². The molecule has 90 valence electrons. The monoisotopic (exact) mass is 222 g/mol. The van der Waals surface area contributed by atoms with Gasteiger partial charge in [-0.15, -0.1) is 0 Å². The Labute approximate surface area is 97.6 Å². The van der Waals surface area contributed by atoms with E-state index in [-0.39, 0.29) is 0 Å². The van der Waals surface area contributed by atoms with Gasteiger partial charge in [0.2, 0.25) is 0 Å². The Bertz CT molecular complexity index is 307. The third kappa shape index (κ3) is 2.85. The number of aryl methyl sites for hydroxylation is 2. The van der Waals surface area contributed by atoms with Crippen LogP contribution in [0.1, 0.15) is 49.1 Å². The first kappa shape index (κ1) is 11.6. The molecule has 1 aliphatic carbocycles. The van der Waals surface area contributed by atoms with Crippen LogP contribution < -0.4 is 5.32 Å². The molecule has 1 heterocycles. The van der Waals surface area contributed by atoms with Gasteiger partial charge in [-0.2, -0.15) is 0 Å². The molecule has 3 heteroatoms. The molecule has 1 fully saturated rings. The average Bonchev–Trinajstić information content (AvgIpc) is 2.87. The molecular weight excluding hydrogens is 200 g/mol. The van der Waals surface area contributed by atoms with E-state index in [1.807, 2.05) is 13.8 Å². The van der Waals surface area contributed by atoms with Gasteiger partial charge in [0, 0.05) is 11.6 Å². The van der Waals surface area contributed by atoms with Gasteiger partial charge in [-0.1, -0.05) is 18.0 Å². The largest absolute Gasteiger partial charge is 0.361 e. The number of nitrogens with one attached hydrogen (secondary N) is 1. The van der Waals surface area contributed by atoms with E-state index in [1.165, 1.54) is 37.7 Å². The van der Waals surface area contributed by atoms with Crippen LogP contribution in [0.4, 0.5) is 0 Å². The smallest absolute Gasteiger partial charge is 0.137 e. The number of hydrogen-bond acceptors (Lipinski definition) is 3. The highest BCUT2D eigenvalue weighted by Crippen LogP contribution is 2.18. The zero-order valence-corrected chi connectivity index (χ0v) is 10.4. The van der Waals surface area contributed by atoms with Crippen molar-refractivity contribution in [1.82, 2.24) is 10.5 Å². The lowest BCUT2D eigenvalue weighted by molar-refractivity contribution is 0.392. The van der Waals surface area contributed by atoms with Crippen molar-refractivity contribution in [3.05, 3.63) is 17.0 Å². The van der Waals surface area contributed by atoms with Crippen molar-refractivity contribution in [2.24, 2.45) is 0 Å². The van der Waals surface area contributed by atoms with Gasteiger partial charge in [0.25, 0.3) is 0 Å². The lowest BCUT2D eigenvalue weighted by Crippen LogP contribution is -2.27. The Morgan fingerprint density at radius 3 is 2.69 bits per heavy atom. The summed E-state index contributed by atoms with van der Waals surface area (Å²) < 4.78 is 5.16. The minimum atomic E-state index is 0.782. The van der Waals surface area contributed by atoms with E-state index in [0.29, 0.717) is 0 Å². The predicted octanol–water partition coefficient (Wildman–Crippen LogP) is 2.76. The van der Waals surface area contributed by atoms with Crippen LogP contribution in [-0.4, -0.2) is 17.7 Å². The highest BCUT2D eigenvalue weighted by atomic mass is 16.5. The van der Waals surface area contributed by atoms with Gasteiger partial charge in [0.15, 0.2) is 0 Å². The molecule has 3 nitrogen and oxygen atoms in total. The highest BCUT2D eigenvalue weighted by molar-refractivity contribution is 5.20. The summed E-state index contributed by atoms with van der Waals surface area (Å²) in [5, 5.41) is 7.61. The fraction of sp³-hybridized carbons (Fsp3) is 0.769. The topological polar surface area (TPSA) is 38.1 Å². The van der Waals surface area contributed by atoms with Gasteiger partial charge in [-0.3, -0.25) is 0 Å². The Morgan fingerprint density at radius 1 is 1.31 bits per heavy atom. The Morgan fingerprint density at radius 2 is 2.06 bits per heavy atom. The van der Waals surface area contributed by atoms with Gasteiger partial charge < -0.3 is 9.84 Å². The molecule has 1 aromatic rings. The van der Waals surface area contributed by atoms with Crippen molar-refractivity contribution >= 4 is 0 Å². The average molecular weight is 222 g/mol. The maximum Gasteiger partial charge on any atom is 0.137 e. The normalized spacial score (nSPS) is 17.1. The number of hydrogen-bond donors (Lipinski definition) is 1. The molecule has 0 bridgehead atoms. The van der Waals surface area contributed by atoms with Gasteiger partial charge >= 0.3 is 0 Å². The minimum absolute atomic E-state index is 0.782. The first-order valence-corrected chi connectivity index (χ1v) is 6.42. The highest BCUT2D eigenvalue weighted by Gasteiger charge is 2.14. The quantitative estimate of drug-likeness (QED) is 0.778. The molecule has 1 aromatic heterocycles. The van der Waals surface area contributed by atoms with E-state index in [9.17, 15) is 0 Å². The van der Waals surface area contributed by atoms with Crippen LogP contribution in [0, 0.1) is 13.8 Å². The zero-order chi connectivity index (χ0) is 11.4. The lowest BCUT2D eigenvalue weighted by atomic mass is 10.1. The van der Waals surface area contributed by atoms with Crippen molar-refractivity contribution in [3.8, 4) is 0 Å². The van der Waals surface area contributed by atoms with Crippen LogP contribution in [0.3, 0.4) is 0 Å². The Balaban J connectivity index is 1.67. The predicted molar refractivity (Wildman–Crippen MR) is 64.6 cm³/mol. The summed E-state index contributed by atoms with van der Waals surface area (Å²) >= 11 is 0. The maximum absolute atomic E-state index is 5.16. The molecule has 0 aromatic carbocycles. The van der Waals surface area contributed by atoms with E-state index in [0.717, 1.165) is 30.5 Å². The molecule has 1 N–H and O–H groups in total. The van der Waals surface area contributed by atoms with E-state index in [2.05, 4.69) is 10.5 Å². The second kappa shape index (κ2) is 5.48. The molecule has 16 heavy (non-hydrogen) atoms. The van der Waals surface area contributed by atoms with E-state index >= 15 is 0 Å². The molecule has 0 aliphatic heterocycles. The van der Waals surface area contributed by atoms with Crippen molar-refractivity contribution in [2.45, 2.75) is 58.4 Å². The van der Waals surface area contributed by atoms with Gasteiger partial charge in [-0.05, 0) is 46.1 Å². The molecule has 0 spiro atoms. The molecule has 0 atom stereocenters. The second-order valence-corrected chi connectivity index (χ2v) is 4.84. The van der Waals surface area contributed by atoms with Gasteiger partial charge in [0.05, 0.1) is 5.69 Å². The Kier molecular flexibility index (Phi) is 3.99. The number of nitrogens with zero attached hydrogens (tertiary/aromatic N) is 1. The van der Waals surface area contributed by atoms with E-state index < -0.39 is 0 Å². The van der Waals surface area contributed by atoms with Crippen LogP contribution in [0.25, 0.3) is 0 Å². The first-order valence-electron chi connectivity index (χ1n) is 6.42. The molecule has 0 radical (unpaired) electrons. The lowest BCUT2D eigenvalue weighted by Gasteiger charge is -2.11. The van der Waals surface area contributed by atoms with Crippen LogP contribution in [0.2, 0.25) is 0 Å². The minimum Gasteiger partial charge on any atom is -0.361 e. The fourth-order valence-electron chi connectivity index (χ4n) is 2.56. The molecular formula is C13H22N2O. The summed E-state index contributed by atoms with van der Waals surface area (Å²) in [7, 11) is 0. The number of aromatic nitrogens is 1. The van der Waals surface area contributed by atoms with Crippen LogP contribution in [-0.2, 0) is 6.42 Å². The van der Waals surface area contributed by atoms with Crippen LogP contribution in [0.15, 0.2) is 4.52 Å². The molecule has 1 saturated carbocycles. The van der Waals surface area contributed by atoms with Gasteiger partial charge in [-0.25, -0.2) is 0 Å². The molecule has 0 unspecified atom stereocenters. The number of rotatable bonds is 5. The van der Waals surface area contributed by atoms with Crippen LogP contribution >= 0.6 is 0 Å². The summed E-state index contributed by atoms with van der Waals surface area (Å²) in [5.41, 5.74) is 2.35. The zero-order valence-electron chi connectivity index (χ0n) is 10.4.